The van der Waals surface area contributed by atoms with E-state index >= 15 is 0 Å². The summed E-state index contributed by atoms with van der Waals surface area (Å²) in [5.74, 6) is 0. The first-order chi connectivity index (χ1) is 8.04. The Morgan fingerprint density at radius 3 is 2.88 bits per heavy atom. The van der Waals surface area contributed by atoms with Crippen LogP contribution in [0.1, 0.15) is 17.5 Å². The predicted octanol–water partition coefficient (Wildman–Crippen LogP) is 2.70. The van der Waals surface area contributed by atoms with Crippen molar-refractivity contribution in [1.29, 1.82) is 0 Å². The maximum atomic E-state index is 11.9. The number of hydrogen-bond donors (Lipinski definition) is 2. The van der Waals surface area contributed by atoms with Gasteiger partial charge in [-0.25, -0.2) is 0 Å². The van der Waals surface area contributed by atoms with Gasteiger partial charge in [-0.1, -0.05) is 12.1 Å². The van der Waals surface area contributed by atoms with Gasteiger partial charge in [0.2, 0.25) is 0 Å². The van der Waals surface area contributed by atoms with Crippen LogP contribution in [-0.2, 0) is 13.0 Å². The molecule has 1 aliphatic heterocycles. The molecule has 0 spiro atoms. The van der Waals surface area contributed by atoms with Crippen LogP contribution >= 0.6 is 0 Å². The zero-order chi connectivity index (χ0) is 12.3. The van der Waals surface area contributed by atoms with Crippen molar-refractivity contribution in [3.63, 3.8) is 0 Å². The van der Waals surface area contributed by atoms with Gasteiger partial charge in [0, 0.05) is 25.3 Å². The molecule has 0 bridgehead atoms. The molecular weight excluding hydrogens is 229 g/mol. The number of fused-ring (bicyclic) bond motifs is 1. The van der Waals surface area contributed by atoms with Gasteiger partial charge in [0.15, 0.2) is 0 Å². The van der Waals surface area contributed by atoms with E-state index in [9.17, 15) is 13.2 Å². The van der Waals surface area contributed by atoms with E-state index in [1.165, 1.54) is 5.56 Å². The number of hydrogen-bond acceptors (Lipinski definition) is 2. The summed E-state index contributed by atoms with van der Waals surface area (Å²) in [6.07, 6.45) is -3.86. The lowest BCUT2D eigenvalue weighted by atomic mass is 10.1. The Kier molecular flexibility index (Phi) is 3.57. The quantitative estimate of drug-likeness (QED) is 0.796. The van der Waals surface area contributed by atoms with E-state index in [2.05, 4.69) is 16.7 Å². The van der Waals surface area contributed by atoms with E-state index in [-0.39, 0.29) is 6.54 Å². The molecule has 2 N–H and O–H groups in total. The molecule has 0 unspecified atom stereocenters. The molecule has 1 heterocycles. The minimum absolute atomic E-state index is 0.0289. The lowest BCUT2D eigenvalue weighted by Crippen LogP contribution is -2.21. The van der Waals surface area contributed by atoms with Crippen LogP contribution in [-0.4, -0.2) is 19.3 Å². The van der Waals surface area contributed by atoms with Crippen molar-refractivity contribution in [1.82, 2.24) is 5.32 Å². The monoisotopic (exact) mass is 244 g/mol. The van der Waals surface area contributed by atoms with Crippen molar-refractivity contribution >= 4 is 5.69 Å². The summed E-state index contributed by atoms with van der Waals surface area (Å²) in [5, 5.41) is 6.05. The number of benzene rings is 1. The third-order valence-corrected chi connectivity index (χ3v) is 2.79. The fourth-order valence-corrected chi connectivity index (χ4v) is 1.93. The first-order valence-corrected chi connectivity index (χ1v) is 5.68. The van der Waals surface area contributed by atoms with Gasteiger partial charge in [0.1, 0.15) is 0 Å². The predicted molar refractivity (Wildman–Crippen MR) is 61.0 cm³/mol. The van der Waals surface area contributed by atoms with E-state index in [1.54, 1.807) is 0 Å². The molecule has 0 saturated heterocycles. The molecule has 17 heavy (non-hydrogen) atoms. The number of alkyl halides is 3. The molecule has 0 fully saturated rings. The summed E-state index contributed by atoms with van der Waals surface area (Å²) in [6.45, 7) is 1.41. The van der Waals surface area contributed by atoms with E-state index in [4.69, 9.17) is 0 Å². The average molecular weight is 244 g/mol. The summed E-state index contributed by atoms with van der Waals surface area (Å²) in [6, 6.07) is 5.98. The smallest absolute Gasteiger partial charge is 0.384 e. The Bertz CT molecular complexity index is 388. The third-order valence-electron chi connectivity index (χ3n) is 2.79. The molecule has 2 rings (SSSR count). The molecule has 0 aliphatic carbocycles. The first-order valence-electron chi connectivity index (χ1n) is 5.68. The molecule has 1 aliphatic rings. The van der Waals surface area contributed by atoms with Crippen molar-refractivity contribution in [2.24, 2.45) is 0 Å². The van der Waals surface area contributed by atoms with Gasteiger partial charge in [-0.15, -0.1) is 0 Å². The van der Waals surface area contributed by atoms with Gasteiger partial charge < -0.3 is 10.6 Å². The van der Waals surface area contributed by atoms with Crippen molar-refractivity contribution in [2.45, 2.75) is 25.6 Å². The highest BCUT2D eigenvalue weighted by Gasteiger charge is 2.25. The lowest BCUT2D eigenvalue weighted by Gasteiger charge is -2.08. The van der Waals surface area contributed by atoms with Gasteiger partial charge >= 0.3 is 6.18 Å². The van der Waals surface area contributed by atoms with Gasteiger partial charge in [-0.2, -0.15) is 13.2 Å². The molecule has 2 nitrogen and oxygen atoms in total. The highest BCUT2D eigenvalue weighted by molar-refractivity contribution is 5.56. The standard InChI is InChI=1S/C12H15F3N2/c13-12(14,15)4-6-16-8-9-1-2-11-10(7-9)3-5-17-11/h1-2,7,16-17H,3-6,8H2. The van der Waals surface area contributed by atoms with E-state index in [0.717, 1.165) is 24.2 Å². The van der Waals surface area contributed by atoms with Crippen LogP contribution in [0.3, 0.4) is 0 Å². The summed E-state index contributed by atoms with van der Waals surface area (Å²) < 4.78 is 35.7. The maximum absolute atomic E-state index is 11.9. The molecule has 5 heteroatoms. The normalized spacial score (nSPS) is 14.5. The summed E-state index contributed by atoms with van der Waals surface area (Å²) in [7, 11) is 0. The Morgan fingerprint density at radius 1 is 1.29 bits per heavy atom. The largest absolute Gasteiger partial charge is 0.390 e. The third kappa shape index (κ3) is 3.63. The molecule has 0 amide bonds. The fraction of sp³-hybridized carbons (Fsp3) is 0.500. The van der Waals surface area contributed by atoms with Crippen LogP contribution in [0.15, 0.2) is 18.2 Å². The zero-order valence-electron chi connectivity index (χ0n) is 9.40. The van der Waals surface area contributed by atoms with Crippen molar-refractivity contribution in [2.75, 3.05) is 18.4 Å². The maximum Gasteiger partial charge on any atom is 0.390 e. The van der Waals surface area contributed by atoms with Gasteiger partial charge in [-0.3, -0.25) is 0 Å². The van der Waals surface area contributed by atoms with Crippen molar-refractivity contribution < 1.29 is 13.2 Å². The number of rotatable bonds is 4. The number of halogens is 3. The molecule has 1 aromatic carbocycles. The zero-order valence-corrected chi connectivity index (χ0v) is 9.40. The van der Waals surface area contributed by atoms with Crippen LogP contribution in [0.2, 0.25) is 0 Å². The minimum atomic E-state index is -4.07. The molecule has 0 aromatic heterocycles. The average Bonchev–Trinajstić information content (AvgIpc) is 2.70. The van der Waals surface area contributed by atoms with Crippen LogP contribution in [0.5, 0.6) is 0 Å². The molecule has 0 atom stereocenters. The van der Waals surface area contributed by atoms with Crippen LogP contribution in [0, 0.1) is 0 Å². The second-order valence-electron chi connectivity index (χ2n) is 4.21. The minimum Gasteiger partial charge on any atom is -0.384 e. The first kappa shape index (κ1) is 12.2. The van der Waals surface area contributed by atoms with Crippen molar-refractivity contribution in [3.05, 3.63) is 29.3 Å². The highest BCUT2D eigenvalue weighted by Crippen LogP contribution is 2.23. The van der Waals surface area contributed by atoms with E-state index in [1.807, 2.05) is 12.1 Å². The summed E-state index contributed by atoms with van der Waals surface area (Å²) in [4.78, 5) is 0. The Balaban J connectivity index is 1.80. The van der Waals surface area contributed by atoms with Gasteiger partial charge in [-0.05, 0) is 23.6 Å². The second-order valence-corrected chi connectivity index (χ2v) is 4.21. The topological polar surface area (TPSA) is 24.1 Å². The molecule has 0 saturated carbocycles. The second kappa shape index (κ2) is 4.96. The Hall–Kier alpha value is -1.23. The van der Waals surface area contributed by atoms with Crippen molar-refractivity contribution in [3.8, 4) is 0 Å². The Labute approximate surface area is 98.2 Å². The fourth-order valence-electron chi connectivity index (χ4n) is 1.93. The van der Waals surface area contributed by atoms with Crippen LogP contribution in [0.25, 0.3) is 0 Å². The lowest BCUT2D eigenvalue weighted by molar-refractivity contribution is -0.133. The molecule has 0 radical (unpaired) electrons. The summed E-state index contributed by atoms with van der Waals surface area (Å²) >= 11 is 0. The van der Waals surface area contributed by atoms with Crippen LogP contribution in [0.4, 0.5) is 18.9 Å². The highest BCUT2D eigenvalue weighted by atomic mass is 19.4. The van der Waals surface area contributed by atoms with E-state index < -0.39 is 12.6 Å². The molecule has 1 aromatic rings. The Morgan fingerprint density at radius 2 is 2.12 bits per heavy atom. The SMILES string of the molecule is FC(F)(F)CCNCc1ccc2c(c1)CCN2. The van der Waals surface area contributed by atoms with Gasteiger partial charge in [0.05, 0.1) is 6.42 Å². The molecular formula is C12H15F3N2. The summed E-state index contributed by atoms with van der Waals surface area (Å²) in [5.41, 5.74) is 3.43. The van der Waals surface area contributed by atoms with Crippen LogP contribution < -0.4 is 10.6 Å². The van der Waals surface area contributed by atoms with Gasteiger partial charge in [0.25, 0.3) is 0 Å². The molecule has 94 valence electrons. The number of nitrogens with one attached hydrogen (secondary N) is 2. The van der Waals surface area contributed by atoms with E-state index in [0.29, 0.717) is 6.54 Å². The number of anilines is 1.